The van der Waals surface area contributed by atoms with E-state index in [1.54, 1.807) is 0 Å². The van der Waals surface area contributed by atoms with E-state index in [2.05, 4.69) is 32.6 Å². The largest absolute Gasteiger partial charge is 0.326 e. The molecule has 0 saturated carbocycles. The van der Waals surface area contributed by atoms with Crippen molar-refractivity contribution in [3.05, 3.63) is 0 Å². The lowest BCUT2D eigenvalue weighted by atomic mass is 10.1. The summed E-state index contributed by atoms with van der Waals surface area (Å²) in [7, 11) is 0. The van der Waals surface area contributed by atoms with Crippen LogP contribution < -0.4 is 5.73 Å². The Labute approximate surface area is 83.5 Å². The molecule has 0 aliphatic carbocycles. The molecule has 0 heterocycles. The van der Waals surface area contributed by atoms with Gasteiger partial charge in [-0.15, -0.1) is 0 Å². The number of hydrogen-bond acceptors (Lipinski definition) is 2. The Balaban J connectivity index is 3.78. The average molecular weight is 186 g/mol. The lowest BCUT2D eigenvalue weighted by Crippen LogP contribution is -2.41. The zero-order chi connectivity index (χ0) is 10.3. The molecular weight excluding hydrogens is 160 g/mol. The molecule has 0 aromatic heterocycles. The van der Waals surface area contributed by atoms with Crippen LogP contribution in [0.3, 0.4) is 0 Å². The van der Waals surface area contributed by atoms with Crippen LogP contribution in [0.1, 0.15) is 40.5 Å². The molecule has 2 heteroatoms. The van der Waals surface area contributed by atoms with Gasteiger partial charge in [-0.05, 0) is 31.8 Å². The third-order valence-electron chi connectivity index (χ3n) is 2.40. The topological polar surface area (TPSA) is 29.3 Å². The first kappa shape index (κ1) is 12.9. The van der Waals surface area contributed by atoms with Gasteiger partial charge in [0, 0.05) is 12.6 Å². The quantitative estimate of drug-likeness (QED) is 0.659. The maximum absolute atomic E-state index is 6.04. The second-order valence-electron chi connectivity index (χ2n) is 4.21. The first-order valence-corrected chi connectivity index (χ1v) is 5.59. The summed E-state index contributed by atoms with van der Waals surface area (Å²) >= 11 is 0. The highest BCUT2D eigenvalue weighted by Crippen LogP contribution is 2.02. The Bertz CT molecular complexity index is 107. The summed E-state index contributed by atoms with van der Waals surface area (Å²) in [6.07, 6.45) is 2.45. The Kier molecular flexibility index (Phi) is 7.29. The van der Waals surface area contributed by atoms with Crippen molar-refractivity contribution in [3.8, 4) is 0 Å². The summed E-state index contributed by atoms with van der Waals surface area (Å²) in [5, 5.41) is 0. The predicted molar refractivity (Wildman–Crippen MR) is 59.8 cm³/mol. The van der Waals surface area contributed by atoms with Crippen LogP contribution in [-0.2, 0) is 0 Å². The van der Waals surface area contributed by atoms with E-state index in [0.717, 1.165) is 6.54 Å². The SMILES string of the molecule is CCCN(CCC)CC(N)C(C)C. The van der Waals surface area contributed by atoms with E-state index in [-0.39, 0.29) is 0 Å². The predicted octanol–water partition coefficient (Wildman–Crippen LogP) is 2.09. The summed E-state index contributed by atoms with van der Waals surface area (Å²) < 4.78 is 0. The van der Waals surface area contributed by atoms with Crippen LogP contribution in [0.25, 0.3) is 0 Å². The van der Waals surface area contributed by atoms with Gasteiger partial charge in [0.25, 0.3) is 0 Å². The van der Waals surface area contributed by atoms with Gasteiger partial charge in [0.05, 0.1) is 0 Å². The van der Waals surface area contributed by atoms with E-state index in [1.165, 1.54) is 25.9 Å². The first-order valence-electron chi connectivity index (χ1n) is 5.59. The third-order valence-corrected chi connectivity index (χ3v) is 2.40. The van der Waals surface area contributed by atoms with Crippen molar-refractivity contribution in [2.45, 2.75) is 46.6 Å². The molecule has 0 aliphatic rings. The van der Waals surface area contributed by atoms with Crippen molar-refractivity contribution in [2.75, 3.05) is 19.6 Å². The minimum Gasteiger partial charge on any atom is -0.326 e. The lowest BCUT2D eigenvalue weighted by molar-refractivity contribution is 0.238. The zero-order valence-electron chi connectivity index (χ0n) is 9.71. The second-order valence-corrected chi connectivity index (χ2v) is 4.21. The first-order chi connectivity index (χ1) is 6.11. The van der Waals surface area contributed by atoms with E-state index in [4.69, 9.17) is 5.73 Å². The van der Waals surface area contributed by atoms with E-state index in [1.807, 2.05) is 0 Å². The molecule has 0 aliphatic heterocycles. The van der Waals surface area contributed by atoms with E-state index in [0.29, 0.717) is 12.0 Å². The van der Waals surface area contributed by atoms with Crippen LogP contribution in [0.15, 0.2) is 0 Å². The van der Waals surface area contributed by atoms with Crippen LogP contribution in [0.2, 0.25) is 0 Å². The molecular formula is C11H26N2. The summed E-state index contributed by atoms with van der Waals surface area (Å²) in [4.78, 5) is 2.48. The monoisotopic (exact) mass is 186 g/mol. The molecule has 0 aromatic rings. The molecule has 1 unspecified atom stereocenters. The van der Waals surface area contributed by atoms with Crippen molar-refractivity contribution in [1.29, 1.82) is 0 Å². The van der Waals surface area contributed by atoms with Crippen molar-refractivity contribution in [1.82, 2.24) is 4.90 Å². The van der Waals surface area contributed by atoms with Gasteiger partial charge in [-0.2, -0.15) is 0 Å². The number of rotatable bonds is 7. The van der Waals surface area contributed by atoms with Gasteiger partial charge in [0.2, 0.25) is 0 Å². The van der Waals surface area contributed by atoms with Gasteiger partial charge >= 0.3 is 0 Å². The highest BCUT2D eigenvalue weighted by molar-refractivity contribution is 4.70. The van der Waals surface area contributed by atoms with Crippen molar-refractivity contribution in [3.63, 3.8) is 0 Å². The normalized spacial score (nSPS) is 14.1. The van der Waals surface area contributed by atoms with Crippen molar-refractivity contribution < 1.29 is 0 Å². The van der Waals surface area contributed by atoms with Crippen molar-refractivity contribution >= 4 is 0 Å². The van der Waals surface area contributed by atoms with Crippen LogP contribution >= 0.6 is 0 Å². The minimum absolute atomic E-state index is 0.332. The number of nitrogens with zero attached hydrogens (tertiary/aromatic N) is 1. The molecule has 2 nitrogen and oxygen atoms in total. The molecule has 0 rings (SSSR count). The second kappa shape index (κ2) is 7.34. The fraction of sp³-hybridized carbons (Fsp3) is 1.00. The lowest BCUT2D eigenvalue weighted by Gasteiger charge is -2.26. The van der Waals surface area contributed by atoms with E-state index >= 15 is 0 Å². The molecule has 13 heavy (non-hydrogen) atoms. The summed E-state index contributed by atoms with van der Waals surface area (Å²) in [5.41, 5.74) is 6.04. The highest BCUT2D eigenvalue weighted by Gasteiger charge is 2.11. The molecule has 0 aromatic carbocycles. The van der Waals surface area contributed by atoms with Gasteiger partial charge in [-0.1, -0.05) is 27.7 Å². The average Bonchev–Trinajstić information content (AvgIpc) is 2.05. The molecule has 0 radical (unpaired) electrons. The molecule has 0 saturated heterocycles. The Hall–Kier alpha value is -0.0800. The molecule has 2 N–H and O–H groups in total. The fourth-order valence-corrected chi connectivity index (χ4v) is 1.44. The highest BCUT2D eigenvalue weighted by atomic mass is 15.1. The van der Waals surface area contributed by atoms with Crippen LogP contribution in [0.5, 0.6) is 0 Å². The number of hydrogen-bond donors (Lipinski definition) is 1. The summed E-state index contributed by atoms with van der Waals surface area (Å²) in [6.45, 7) is 12.3. The smallest absolute Gasteiger partial charge is 0.0191 e. The maximum Gasteiger partial charge on any atom is 0.0191 e. The van der Waals surface area contributed by atoms with Crippen LogP contribution in [-0.4, -0.2) is 30.6 Å². The molecule has 1 atom stereocenters. The molecule has 0 amide bonds. The van der Waals surface area contributed by atoms with Crippen LogP contribution in [0.4, 0.5) is 0 Å². The van der Waals surface area contributed by atoms with Crippen molar-refractivity contribution in [2.24, 2.45) is 11.7 Å². The van der Waals surface area contributed by atoms with E-state index in [9.17, 15) is 0 Å². The van der Waals surface area contributed by atoms with E-state index < -0.39 is 0 Å². The fourth-order valence-electron chi connectivity index (χ4n) is 1.44. The maximum atomic E-state index is 6.04. The van der Waals surface area contributed by atoms with Gasteiger partial charge in [-0.3, -0.25) is 0 Å². The molecule has 0 bridgehead atoms. The Morgan fingerprint density at radius 1 is 1.08 bits per heavy atom. The van der Waals surface area contributed by atoms with Gasteiger partial charge in [0.1, 0.15) is 0 Å². The zero-order valence-corrected chi connectivity index (χ0v) is 9.71. The van der Waals surface area contributed by atoms with Crippen LogP contribution in [0, 0.1) is 5.92 Å². The standard InChI is InChI=1S/C11H26N2/c1-5-7-13(8-6-2)9-11(12)10(3)4/h10-11H,5-9,12H2,1-4H3. The molecule has 80 valence electrons. The van der Waals surface area contributed by atoms with Gasteiger partial charge < -0.3 is 10.6 Å². The van der Waals surface area contributed by atoms with Gasteiger partial charge in [0.15, 0.2) is 0 Å². The minimum atomic E-state index is 0.332. The Morgan fingerprint density at radius 3 is 1.85 bits per heavy atom. The van der Waals surface area contributed by atoms with Gasteiger partial charge in [-0.25, -0.2) is 0 Å². The number of nitrogens with two attached hydrogens (primary N) is 1. The third kappa shape index (κ3) is 6.05. The summed E-state index contributed by atoms with van der Waals surface area (Å²) in [6, 6.07) is 0.332. The Morgan fingerprint density at radius 2 is 1.54 bits per heavy atom. The summed E-state index contributed by atoms with van der Waals surface area (Å²) in [5.74, 6) is 0.594. The molecule has 0 spiro atoms. The molecule has 0 fully saturated rings.